The molecular weight excluding hydrogens is 498 g/mol. The summed E-state index contributed by atoms with van der Waals surface area (Å²) in [5.41, 5.74) is 2.80. The highest BCUT2D eigenvalue weighted by Gasteiger charge is 2.47. The monoisotopic (exact) mass is 529 g/mol. The molecule has 0 bridgehead atoms. The molecule has 1 heterocycles. The predicted octanol–water partition coefficient (Wildman–Crippen LogP) is 5.13. The van der Waals surface area contributed by atoms with E-state index in [1.54, 1.807) is 62.4 Å². The number of carbonyl (C=O) groups excluding carboxylic acids is 3. The maximum atomic E-state index is 13.5. The van der Waals surface area contributed by atoms with Crippen LogP contribution in [0, 0.1) is 6.92 Å². The molecule has 1 fully saturated rings. The third-order valence-corrected chi connectivity index (χ3v) is 6.40. The molecule has 1 saturated heterocycles. The third kappa shape index (κ3) is 5.50. The van der Waals surface area contributed by atoms with Gasteiger partial charge in [-0.2, -0.15) is 0 Å². The second-order valence-corrected chi connectivity index (χ2v) is 9.50. The number of Topliss-reactive ketones (excluding diaryl/α,β-unsaturated/α-hetero) is 1. The molecule has 1 aliphatic rings. The van der Waals surface area contributed by atoms with Crippen molar-refractivity contribution in [1.29, 1.82) is 0 Å². The van der Waals surface area contributed by atoms with Gasteiger partial charge in [0, 0.05) is 5.69 Å². The van der Waals surface area contributed by atoms with Crippen molar-refractivity contribution in [3.05, 3.63) is 94.6 Å². The van der Waals surface area contributed by atoms with Crippen molar-refractivity contribution in [3.63, 3.8) is 0 Å². The molecule has 1 amide bonds. The summed E-state index contributed by atoms with van der Waals surface area (Å²) >= 11 is 0. The van der Waals surface area contributed by atoms with Gasteiger partial charge in [0.15, 0.2) is 0 Å². The van der Waals surface area contributed by atoms with Crippen molar-refractivity contribution in [2.45, 2.75) is 39.3 Å². The Hall–Kier alpha value is -4.59. The highest BCUT2D eigenvalue weighted by atomic mass is 16.5. The van der Waals surface area contributed by atoms with Crippen LogP contribution in [0.2, 0.25) is 0 Å². The van der Waals surface area contributed by atoms with Gasteiger partial charge in [-0.15, -0.1) is 0 Å². The van der Waals surface area contributed by atoms with E-state index in [-0.39, 0.29) is 29.6 Å². The first kappa shape index (κ1) is 27.4. The van der Waals surface area contributed by atoms with E-state index in [2.05, 4.69) is 0 Å². The number of hydrogen-bond donors (Lipinski definition) is 1. The summed E-state index contributed by atoms with van der Waals surface area (Å²) in [5, 5.41) is 11.6. The van der Waals surface area contributed by atoms with E-state index < -0.39 is 23.5 Å². The molecule has 0 saturated carbocycles. The predicted molar refractivity (Wildman–Crippen MR) is 147 cm³/mol. The highest BCUT2D eigenvalue weighted by molar-refractivity contribution is 6.51. The van der Waals surface area contributed by atoms with Crippen LogP contribution in [-0.4, -0.2) is 43.1 Å². The van der Waals surface area contributed by atoms with Gasteiger partial charge in [-0.3, -0.25) is 19.3 Å². The quantitative estimate of drug-likeness (QED) is 0.187. The van der Waals surface area contributed by atoms with Gasteiger partial charge < -0.3 is 19.3 Å². The topological polar surface area (TPSA) is 102 Å². The molecular formula is C31H31NO7. The minimum atomic E-state index is -0.920. The number of benzene rings is 3. The van der Waals surface area contributed by atoms with E-state index in [1.807, 2.05) is 25.1 Å². The molecule has 202 valence electrons. The second-order valence-electron chi connectivity index (χ2n) is 9.50. The van der Waals surface area contributed by atoms with Crippen LogP contribution in [0.15, 0.2) is 72.3 Å². The lowest BCUT2D eigenvalue weighted by Gasteiger charge is -2.26. The minimum absolute atomic E-state index is 0.0756. The number of ketones is 1. The molecule has 8 heteroatoms. The Labute approximate surface area is 227 Å². The Morgan fingerprint density at radius 1 is 0.949 bits per heavy atom. The van der Waals surface area contributed by atoms with E-state index in [9.17, 15) is 19.5 Å². The fourth-order valence-corrected chi connectivity index (χ4v) is 4.72. The number of esters is 1. The SMILES string of the molecule is COc1cccc(OC)c1/C(O)=C1\C(=O)C(=O)N(c2ccc(CC(=O)OC(C)C)cc2)C1c1cccc(C)c1. The molecule has 3 aromatic rings. The lowest BCUT2D eigenvalue weighted by atomic mass is 9.93. The van der Waals surface area contributed by atoms with E-state index in [0.29, 0.717) is 28.3 Å². The van der Waals surface area contributed by atoms with Crippen LogP contribution < -0.4 is 14.4 Å². The first-order valence-electron chi connectivity index (χ1n) is 12.5. The summed E-state index contributed by atoms with van der Waals surface area (Å²) in [6.07, 6.45) is -0.147. The van der Waals surface area contributed by atoms with Crippen LogP contribution in [-0.2, 0) is 25.5 Å². The summed E-state index contributed by atoms with van der Waals surface area (Å²) < 4.78 is 16.1. The van der Waals surface area contributed by atoms with Gasteiger partial charge in [-0.1, -0.05) is 48.0 Å². The minimum Gasteiger partial charge on any atom is -0.506 e. The molecule has 0 spiro atoms. The molecule has 3 aromatic carbocycles. The van der Waals surface area contributed by atoms with E-state index in [1.165, 1.54) is 19.1 Å². The van der Waals surface area contributed by atoms with Crippen LogP contribution in [0.4, 0.5) is 5.69 Å². The zero-order chi connectivity index (χ0) is 28.3. The molecule has 1 aliphatic heterocycles. The molecule has 1 atom stereocenters. The van der Waals surface area contributed by atoms with E-state index >= 15 is 0 Å². The molecule has 0 radical (unpaired) electrons. The Bertz CT molecular complexity index is 1420. The number of carbonyl (C=O) groups is 3. The summed E-state index contributed by atoms with van der Waals surface area (Å²) in [7, 11) is 2.89. The Kier molecular flexibility index (Phi) is 8.04. The molecule has 4 rings (SSSR count). The van der Waals surface area contributed by atoms with Crippen LogP contribution in [0.1, 0.15) is 42.1 Å². The number of aliphatic hydroxyl groups is 1. The van der Waals surface area contributed by atoms with Gasteiger partial charge >= 0.3 is 5.97 Å². The summed E-state index contributed by atoms with van der Waals surface area (Å²) in [5.74, 6) is -1.80. The standard InChI is InChI=1S/C31H31NO7/c1-18(2)39-25(33)17-20-12-14-22(15-13-20)32-28(21-9-6-8-19(3)16-21)27(30(35)31(32)36)29(34)26-23(37-4)10-7-11-24(26)38-5/h6-16,18,28,34H,17H2,1-5H3/b29-27+. The van der Waals surface area contributed by atoms with E-state index in [0.717, 1.165) is 5.56 Å². The number of rotatable bonds is 8. The molecule has 0 aromatic heterocycles. The van der Waals surface area contributed by atoms with Crippen LogP contribution in [0.25, 0.3) is 5.76 Å². The van der Waals surface area contributed by atoms with Gasteiger partial charge in [-0.05, 0) is 56.2 Å². The number of ether oxygens (including phenoxy) is 3. The number of amides is 1. The van der Waals surface area contributed by atoms with Crippen molar-refractivity contribution in [2.24, 2.45) is 0 Å². The number of aryl methyl sites for hydroxylation is 1. The zero-order valence-corrected chi connectivity index (χ0v) is 22.6. The summed E-state index contributed by atoms with van der Waals surface area (Å²) in [6.45, 7) is 5.47. The molecule has 8 nitrogen and oxygen atoms in total. The van der Waals surface area contributed by atoms with Crippen molar-refractivity contribution in [2.75, 3.05) is 19.1 Å². The largest absolute Gasteiger partial charge is 0.506 e. The molecule has 1 N–H and O–H groups in total. The number of nitrogens with zero attached hydrogens (tertiary/aromatic N) is 1. The molecule has 1 unspecified atom stereocenters. The maximum absolute atomic E-state index is 13.5. The van der Waals surface area contributed by atoms with Gasteiger partial charge in [0.05, 0.1) is 38.4 Å². The second kappa shape index (κ2) is 11.4. The number of aliphatic hydroxyl groups excluding tert-OH is 1. The number of methoxy groups -OCH3 is 2. The van der Waals surface area contributed by atoms with Crippen molar-refractivity contribution >= 4 is 29.1 Å². The number of anilines is 1. The van der Waals surface area contributed by atoms with Crippen LogP contribution in [0.3, 0.4) is 0 Å². The average molecular weight is 530 g/mol. The first-order valence-corrected chi connectivity index (χ1v) is 12.5. The fraction of sp³-hybridized carbons (Fsp3) is 0.258. The maximum Gasteiger partial charge on any atom is 0.310 e. The van der Waals surface area contributed by atoms with Crippen molar-refractivity contribution in [1.82, 2.24) is 0 Å². The molecule has 39 heavy (non-hydrogen) atoms. The van der Waals surface area contributed by atoms with E-state index in [4.69, 9.17) is 14.2 Å². The Morgan fingerprint density at radius 3 is 2.13 bits per heavy atom. The summed E-state index contributed by atoms with van der Waals surface area (Å²) in [6, 6.07) is 18.2. The van der Waals surface area contributed by atoms with Crippen molar-refractivity contribution < 1.29 is 33.7 Å². The fourth-order valence-electron chi connectivity index (χ4n) is 4.72. The smallest absolute Gasteiger partial charge is 0.310 e. The Balaban J connectivity index is 1.86. The Morgan fingerprint density at radius 2 is 1.56 bits per heavy atom. The lowest BCUT2D eigenvalue weighted by Crippen LogP contribution is -2.29. The average Bonchev–Trinajstić information content (AvgIpc) is 3.17. The third-order valence-electron chi connectivity index (χ3n) is 6.40. The summed E-state index contributed by atoms with van der Waals surface area (Å²) in [4.78, 5) is 40.5. The van der Waals surface area contributed by atoms with Crippen molar-refractivity contribution in [3.8, 4) is 11.5 Å². The van der Waals surface area contributed by atoms with Gasteiger partial charge in [0.2, 0.25) is 0 Å². The van der Waals surface area contributed by atoms with Gasteiger partial charge in [0.1, 0.15) is 22.8 Å². The van der Waals surface area contributed by atoms with Crippen LogP contribution in [0.5, 0.6) is 11.5 Å². The zero-order valence-electron chi connectivity index (χ0n) is 22.6. The van der Waals surface area contributed by atoms with Crippen LogP contribution >= 0.6 is 0 Å². The highest BCUT2D eigenvalue weighted by Crippen LogP contribution is 2.45. The normalized spacial score (nSPS) is 16.5. The number of hydrogen-bond acceptors (Lipinski definition) is 7. The lowest BCUT2D eigenvalue weighted by molar-refractivity contribution is -0.146. The molecule has 0 aliphatic carbocycles. The van der Waals surface area contributed by atoms with Gasteiger partial charge in [0.25, 0.3) is 11.7 Å². The van der Waals surface area contributed by atoms with Gasteiger partial charge in [-0.25, -0.2) is 0 Å². The first-order chi connectivity index (χ1) is 18.7.